The summed E-state index contributed by atoms with van der Waals surface area (Å²) in [5.41, 5.74) is 2.20. The fraction of sp³-hybridized carbons (Fsp3) is 0. The highest BCUT2D eigenvalue weighted by Crippen LogP contribution is 2.21. The number of benzene rings is 2. The van der Waals surface area contributed by atoms with Crippen LogP contribution in [0.4, 0.5) is 27.3 Å². The minimum atomic E-state index is -0.482. The van der Waals surface area contributed by atoms with Gasteiger partial charge >= 0.3 is 0 Å². The van der Waals surface area contributed by atoms with Crippen LogP contribution in [0.25, 0.3) is 0 Å². The molecule has 5 nitrogen and oxygen atoms in total. The van der Waals surface area contributed by atoms with Gasteiger partial charge in [0.25, 0.3) is 0 Å². The molecule has 3 rings (SSSR count). The molecule has 1 aromatic heterocycles. The average Bonchev–Trinajstić information content (AvgIpc) is 2.62. The maximum absolute atomic E-state index is 13.2. The van der Waals surface area contributed by atoms with E-state index in [1.165, 1.54) is 12.1 Å². The first-order valence-corrected chi connectivity index (χ1v) is 8.55. The number of hydrogen-bond acceptors (Lipinski definition) is 4. The van der Waals surface area contributed by atoms with Crippen molar-refractivity contribution in [3.63, 3.8) is 0 Å². The van der Waals surface area contributed by atoms with Gasteiger partial charge in [0.15, 0.2) is 16.1 Å². The summed E-state index contributed by atoms with van der Waals surface area (Å²) in [6, 6.07) is 15.1. The van der Waals surface area contributed by atoms with Gasteiger partial charge in [-0.2, -0.15) is 0 Å². The molecule has 0 spiro atoms. The average molecular weight is 408 g/mol. The molecular formula is C17H12Cl2FN5S. The molecule has 0 saturated carbocycles. The van der Waals surface area contributed by atoms with E-state index >= 15 is 0 Å². The molecule has 0 aliphatic carbocycles. The molecule has 0 amide bonds. The Labute approximate surface area is 164 Å². The number of nitrogens with zero attached hydrogens (tertiary/aromatic N) is 2. The third kappa shape index (κ3) is 5.01. The van der Waals surface area contributed by atoms with Gasteiger partial charge < -0.3 is 16.0 Å². The highest BCUT2D eigenvalue weighted by Gasteiger charge is 2.04. The second kappa shape index (κ2) is 8.27. The number of aromatic nitrogens is 2. The van der Waals surface area contributed by atoms with Crippen LogP contribution in [0.2, 0.25) is 10.2 Å². The van der Waals surface area contributed by atoms with Crippen molar-refractivity contribution in [2.75, 3.05) is 16.0 Å². The van der Waals surface area contributed by atoms with Crippen molar-refractivity contribution in [3.05, 3.63) is 70.6 Å². The smallest absolute Gasteiger partial charge is 0.175 e. The lowest BCUT2D eigenvalue weighted by Gasteiger charge is -2.12. The molecule has 26 heavy (non-hydrogen) atoms. The topological polar surface area (TPSA) is 61.9 Å². The third-order valence-electron chi connectivity index (χ3n) is 3.22. The van der Waals surface area contributed by atoms with Gasteiger partial charge in [0.1, 0.15) is 5.82 Å². The van der Waals surface area contributed by atoms with Crippen molar-refractivity contribution in [3.8, 4) is 0 Å². The summed E-state index contributed by atoms with van der Waals surface area (Å²) in [6.07, 6.45) is 0. The molecule has 0 aliphatic heterocycles. The molecule has 3 aromatic rings. The van der Waals surface area contributed by atoms with Gasteiger partial charge in [-0.1, -0.05) is 23.2 Å². The van der Waals surface area contributed by atoms with Crippen LogP contribution in [0.15, 0.2) is 54.6 Å². The minimum Gasteiger partial charge on any atom is -0.339 e. The maximum Gasteiger partial charge on any atom is 0.175 e. The van der Waals surface area contributed by atoms with Crippen molar-refractivity contribution < 1.29 is 4.39 Å². The van der Waals surface area contributed by atoms with Crippen molar-refractivity contribution in [1.82, 2.24) is 10.2 Å². The van der Waals surface area contributed by atoms with Crippen LogP contribution in [-0.2, 0) is 0 Å². The molecule has 0 atom stereocenters. The Morgan fingerprint density at radius 3 is 2.15 bits per heavy atom. The van der Waals surface area contributed by atoms with Crippen LogP contribution in [0, 0.1) is 5.82 Å². The summed E-state index contributed by atoms with van der Waals surface area (Å²) in [5.74, 6) is 0.102. The monoisotopic (exact) mass is 407 g/mol. The number of halogens is 3. The second-order valence-corrected chi connectivity index (χ2v) is 6.35. The Balaban J connectivity index is 1.58. The Bertz CT molecular complexity index is 919. The second-order valence-electron chi connectivity index (χ2n) is 5.15. The van der Waals surface area contributed by atoms with Crippen molar-refractivity contribution in [1.29, 1.82) is 0 Å². The van der Waals surface area contributed by atoms with Gasteiger partial charge in [0.05, 0.1) is 5.02 Å². The van der Waals surface area contributed by atoms with Crippen LogP contribution < -0.4 is 16.0 Å². The summed E-state index contributed by atoms with van der Waals surface area (Å²) in [7, 11) is 0. The normalized spacial score (nSPS) is 10.3. The fourth-order valence-corrected chi connectivity index (χ4v) is 2.55. The van der Waals surface area contributed by atoms with Crippen molar-refractivity contribution in [2.24, 2.45) is 0 Å². The van der Waals surface area contributed by atoms with E-state index in [0.717, 1.165) is 11.4 Å². The summed E-state index contributed by atoms with van der Waals surface area (Å²) in [6.45, 7) is 0. The highest BCUT2D eigenvalue weighted by molar-refractivity contribution is 7.80. The Kier molecular flexibility index (Phi) is 5.82. The van der Waals surface area contributed by atoms with Gasteiger partial charge in [-0.05, 0) is 66.8 Å². The number of thiocarbonyl (C=S) groups is 1. The van der Waals surface area contributed by atoms with Crippen LogP contribution in [0.1, 0.15) is 0 Å². The first kappa shape index (κ1) is 18.3. The third-order valence-corrected chi connectivity index (χ3v) is 3.92. The van der Waals surface area contributed by atoms with Crippen molar-refractivity contribution >= 4 is 63.4 Å². The molecule has 0 saturated heterocycles. The van der Waals surface area contributed by atoms with Gasteiger partial charge in [0.2, 0.25) is 0 Å². The van der Waals surface area contributed by atoms with E-state index in [2.05, 4.69) is 26.1 Å². The quantitative estimate of drug-likeness (QED) is 0.498. The van der Waals surface area contributed by atoms with E-state index in [1.54, 1.807) is 18.2 Å². The Morgan fingerprint density at radius 1 is 0.846 bits per heavy atom. The predicted octanol–water partition coefficient (Wildman–Crippen LogP) is 5.48. The standard InChI is InChI=1S/C17H12Cl2FN5S/c18-13-9-12(5-6-14(13)20)23-17(26)22-11-3-1-10(2-4-11)21-16-8-7-15(19)24-25-16/h1-9H,(H,21,25)(H2,22,23,26). The van der Waals surface area contributed by atoms with Crippen LogP contribution in [0.3, 0.4) is 0 Å². The zero-order valence-electron chi connectivity index (χ0n) is 13.1. The van der Waals surface area contributed by atoms with E-state index in [9.17, 15) is 4.39 Å². The first-order chi connectivity index (χ1) is 12.5. The predicted molar refractivity (Wildman–Crippen MR) is 108 cm³/mol. The maximum atomic E-state index is 13.2. The molecule has 0 bridgehead atoms. The van der Waals surface area contributed by atoms with Crippen molar-refractivity contribution in [2.45, 2.75) is 0 Å². The summed E-state index contributed by atoms with van der Waals surface area (Å²) in [5, 5.41) is 17.5. The van der Waals surface area contributed by atoms with E-state index in [-0.39, 0.29) is 5.02 Å². The zero-order chi connectivity index (χ0) is 18.5. The lowest BCUT2D eigenvalue weighted by atomic mass is 10.2. The Morgan fingerprint density at radius 2 is 1.50 bits per heavy atom. The number of rotatable bonds is 4. The molecule has 132 valence electrons. The molecule has 0 fully saturated rings. The first-order valence-electron chi connectivity index (χ1n) is 7.39. The molecule has 3 N–H and O–H groups in total. The molecule has 0 aliphatic rings. The highest BCUT2D eigenvalue weighted by atomic mass is 35.5. The van der Waals surface area contributed by atoms with Crippen LogP contribution in [-0.4, -0.2) is 15.3 Å². The summed E-state index contributed by atoms with van der Waals surface area (Å²) in [4.78, 5) is 0. The molecule has 1 heterocycles. The molecule has 2 aromatic carbocycles. The molecule has 0 radical (unpaired) electrons. The minimum absolute atomic E-state index is 0.0264. The molecular weight excluding hydrogens is 396 g/mol. The van der Waals surface area contributed by atoms with E-state index in [4.69, 9.17) is 35.4 Å². The largest absolute Gasteiger partial charge is 0.339 e. The van der Waals surface area contributed by atoms with Gasteiger partial charge in [-0.15, -0.1) is 10.2 Å². The van der Waals surface area contributed by atoms with E-state index < -0.39 is 5.82 Å². The Hall–Kier alpha value is -2.48. The fourth-order valence-electron chi connectivity index (χ4n) is 2.03. The zero-order valence-corrected chi connectivity index (χ0v) is 15.5. The van der Waals surface area contributed by atoms with Gasteiger partial charge in [0, 0.05) is 17.1 Å². The SMILES string of the molecule is Fc1ccc(NC(=S)Nc2ccc(Nc3ccc(Cl)nn3)cc2)cc1Cl. The summed E-state index contributed by atoms with van der Waals surface area (Å²) >= 11 is 16.7. The van der Waals surface area contributed by atoms with Gasteiger partial charge in [-0.3, -0.25) is 0 Å². The lowest BCUT2D eigenvalue weighted by Crippen LogP contribution is -2.19. The van der Waals surface area contributed by atoms with E-state index in [1.807, 2.05) is 24.3 Å². The van der Waals surface area contributed by atoms with E-state index in [0.29, 0.717) is 21.8 Å². The number of anilines is 4. The number of hydrogen-bond donors (Lipinski definition) is 3. The number of nitrogens with one attached hydrogen (secondary N) is 3. The summed E-state index contributed by atoms with van der Waals surface area (Å²) < 4.78 is 13.2. The van der Waals surface area contributed by atoms with Crippen LogP contribution >= 0.6 is 35.4 Å². The van der Waals surface area contributed by atoms with Crippen LogP contribution in [0.5, 0.6) is 0 Å². The van der Waals surface area contributed by atoms with Gasteiger partial charge in [-0.25, -0.2) is 4.39 Å². The molecule has 9 heteroatoms. The molecule has 0 unspecified atom stereocenters. The lowest BCUT2D eigenvalue weighted by molar-refractivity contribution is 0.628.